The number of aromatic nitrogens is 3. The Kier molecular flexibility index (Phi) is 5.87. The van der Waals surface area contributed by atoms with E-state index in [1.54, 1.807) is 13.2 Å². The lowest BCUT2D eigenvalue weighted by Gasteiger charge is -2.17. The largest absolute Gasteiger partial charge is 0.452 e. The highest BCUT2D eigenvalue weighted by atomic mass is 16.5. The molecule has 0 saturated carbocycles. The summed E-state index contributed by atoms with van der Waals surface area (Å²) in [4.78, 5) is 32.0. The molecule has 8 nitrogen and oxygen atoms in total. The second-order valence-corrected chi connectivity index (χ2v) is 5.75. The average molecular weight is 346 g/mol. The van der Waals surface area contributed by atoms with Crippen LogP contribution in [0.5, 0.6) is 0 Å². The number of nitrogen functional groups attached to an aromatic ring is 1. The number of anilines is 1. The summed E-state index contributed by atoms with van der Waals surface area (Å²) in [6.45, 7) is 5.93. The van der Waals surface area contributed by atoms with Crippen molar-refractivity contribution in [2.24, 2.45) is 0 Å². The maximum Gasteiger partial charge on any atom is 0.361 e. The zero-order valence-corrected chi connectivity index (χ0v) is 14.8. The van der Waals surface area contributed by atoms with Crippen LogP contribution in [0.4, 0.5) is 5.82 Å². The molecule has 0 radical (unpaired) electrons. The Hall–Kier alpha value is -2.74. The predicted molar refractivity (Wildman–Crippen MR) is 91.6 cm³/mol. The van der Waals surface area contributed by atoms with Gasteiger partial charge in [-0.2, -0.15) is 0 Å². The van der Waals surface area contributed by atoms with Gasteiger partial charge in [-0.1, -0.05) is 0 Å². The third-order valence-corrected chi connectivity index (χ3v) is 3.89. The van der Waals surface area contributed by atoms with E-state index < -0.39 is 12.6 Å². The Labute approximate surface area is 146 Å². The first-order valence-electron chi connectivity index (χ1n) is 7.81. The summed E-state index contributed by atoms with van der Waals surface area (Å²) in [7, 11) is 1.63. The molecular weight excluding hydrogens is 324 g/mol. The lowest BCUT2D eigenvalue weighted by Crippen LogP contribution is -2.18. The molecule has 0 spiro atoms. The number of carbonyl (C=O) groups excluding carboxylic acids is 2. The Morgan fingerprint density at radius 1 is 1.28 bits per heavy atom. The number of ketones is 1. The van der Waals surface area contributed by atoms with Crippen molar-refractivity contribution in [2.45, 2.75) is 26.8 Å². The van der Waals surface area contributed by atoms with E-state index in [9.17, 15) is 9.59 Å². The zero-order chi connectivity index (χ0) is 18.6. The second-order valence-electron chi connectivity index (χ2n) is 5.75. The van der Waals surface area contributed by atoms with Crippen LogP contribution in [0.2, 0.25) is 0 Å². The molecular formula is C17H22N4O4. The quantitative estimate of drug-likeness (QED) is 0.600. The molecule has 0 aromatic carbocycles. The van der Waals surface area contributed by atoms with Gasteiger partial charge in [-0.25, -0.2) is 14.8 Å². The van der Waals surface area contributed by atoms with E-state index in [4.69, 9.17) is 15.2 Å². The van der Waals surface area contributed by atoms with Gasteiger partial charge >= 0.3 is 5.97 Å². The summed E-state index contributed by atoms with van der Waals surface area (Å²) >= 11 is 0. The number of hydrogen-bond donors (Lipinski definition) is 1. The Bertz CT molecular complexity index is 785. The molecule has 1 atom stereocenters. The number of aryl methyl sites for hydroxylation is 1. The lowest BCUT2D eigenvalue weighted by molar-refractivity contribution is 0.0469. The summed E-state index contributed by atoms with van der Waals surface area (Å²) in [5.74, 6) is -1.10. The van der Waals surface area contributed by atoms with Crippen LogP contribution < -0.4 is 5.73 Å². The molecule has 25 heavy (non-hydrogen) atoms. The van der Waals surface area contributed by atoms with Gasteiger partial charge in [0.2, 0.25) is 5.78 Å². The van der Waals surface area contributed by atoms with Gasteiger partial charge in [-0.15, -0.1) is 0 Å². The molecule has 0 amide bonds. The van der Waals surface area contributed by atoms with Crippen LogP contribution in [0, 0.1) is 13.8 Å². The second kappa shape index (κ2) is 7.89. The van der Waals surface area contributed by atoms with Gasteiger partial charge in [-0.05, 0) is 26.8 Å². The number of rotatable bonds is 7. The third kappa shape index (κ3) is 4.03. The van der Waals surface area contributed by atoms with Crippen molar-refractivity contribution in [1.29, 1.82) is 0 Å². The predicted octanol–water partition coefficient (Wildman–Crippen LogP) is 1.72. The smallest absolute Gasteiger partial charge is 0.361 e. The van der Waals surface area contributed by atoms with Crippen molar-refractivity contribution < 1.29 is 19.1 Å². The van der Waals surface area contributed by atoms with Crippen molar-refractivity contribution in [1.82, 2.24) is 14.5 Å². The Morgan fingerprint density at radius 2 is 1.96 bits per heavy atom. The molecule has 8 heteroatoms. The average Bonchev–Trinajstić information content (AvgIpc) is 2.87. The molecule has 1 unspecified atom stereocenters. The first-order valence-corrected chi connectivity index (χ1v) is 7.81. The fraction of sp³-hybridized carbons (Fsp3) is 0.412. The summed E-state index contributed by atoms with van der Waals surface area (Å²) in [5, 5.41) is 0. The topological polar surface area (TPSA) is 109 Å². The summed E-state index contributed by atoms with van der Waals surface area (Å²) in [6.07, 6.45) is 2.70. The van der Waals surface area contributed by atoms with Gasteiger partial charge in [0.25, 0.3) is 0 Å². The molecule has 0 aliphatic carbocycles. The fourth-order valence-corrected chi connectivity index (χ4v) is 2.84. The molecule has 0 bridgehead atoms. The first kappa shape index (κ1) is 18.6. The molecule has 0 aliphatic rings. The molecule has 0 fully saturated rings. The molecule has 2 aromatic heterocycles. The Morgan fingerprint density at radius 3 is 2.60 bits per heavy atom. The van der Waals surface area contributed by atoms with Crippen molar-refractivity contribution in [3.8, 4) is 0 Å². The monoisotopic (exact) mass is 346 g/mol. The van der Waals surface area contributed by atoms with E-state index in [1.807, 2.05) is 25.3 Å². The minimum Gasteiger partial charge on any atom is -0.452 e. The maximum absolute atomic E-state index is 12.4. The molecule has 2 N–H and O–H groups in total. The van der Waals surface area contributed by atoms with Gasteiger partial charge in [0.1, 0.15) is 0 Å². The SMILES string of the molecule is COCC(C)n1c(C)cc(C(=O)COC(=O)c2nccnc2N)c1C. The van der Waals surface area contributed by atoms with Crippen LogP contribution >= 0.6 is 0 Å². The maximum atomic E-state index is 12.4. The third-order valence-electron chi connectivity index (χ3n) is 3.89. The van der Waals surface area contributed by atoms with Crippen LogP contribution in [-0.2, 0) is 9.47 Å². The summed E-state index contributed by atoms with van der Waals surface area (Å²) in [5.41, 5.74) is 7.73. The van der Waals surface area contributed by atoms with E-state index in [1.165, 1.54) is 12.4 Å². The van der Waals surface area contributed by atoms with Crippen LogP contribution in [0.1, 0.15) is 45.2 Å². The minimum absolute atomic E-state index is 0.0356. The zero-order valence-electron chi connectivity index (χ0n) is 14.8. The molecule has 2 rings (SSSR count). The van der Waals surface area contributed by atoms with Gasteiger partial charge < -0.3 is 19.8 Å². The number of nitrogens with two attached hydrogens (primary N) is 1. The van der Waals surface area contributed by atoms with Gasteiger partial charge in [0.05, 0.1) is 12.6 Å². The highest BCUT2D eigenvalue weighted by Gasteiger charge is 2.21. The normalized spacial score (nSPS) is 12.0. The van der Waals surface area contributed by atoms with Gasteiger partial charge in [-0.3, -0.25) is 4.79 Å². The van der Waals surface area contributed by atoms with Crippen LogP contribution in [0.15, 0.2) is 18.5 Å². The first-order chi connectivity index (χ1) is 11.9. The van der Waals surface area contributed by atoms with Gasteiger partial charge in [0.15, 0.2) is 18.1 Å². The van der Waals surface area contributed by atoms with Crippen molar-refractivity contribution in [3.05, 3.63) is 41.1 Å². The minimum atomic E-state index is -0.777. The van der Waals surface area contributed by atoms with E-state index in [0.717, 1.165) is 11.4 Å². The number of ether oxygens (including phenoxy) is 2. The number of hydrogen-bond acceptors (Lipinski definition) is 7. The number of nitrogens with zero attached hydrogens (tertiary/aromatic N) is 3. The van der Waals surface area contributed by atoms with Gasteiger partial charge in [0, 0.05) is 36.5 Å². The van der Waals surface area contributed by atoms with Crippen molar-refractivity contribution in [2.75, 3.05) is 26.1 Å². The van der Waals surface area contributed by atoms with Crippen LogP contribution in [0.3, 0.4) is 0 Å². The summed E-state index contributed by atoms with van der Waals surface area (Å²) in [6, 6.07) is 1.88. The Balaban J connectivity index is 2.10. The standard InChI is InChI=1S/C17H22N4O4/c1-10-7-13(12(3)21(10)11(2)8-24-4)14(22)9-25-17(23)15-16(18)20-6-5-19-15/h5-7,11H,8-9H2,1-4H3,(H2,18,20). The molecule has 0 aliphatic heterocycles. The van der Waals surface area contributed by atoms with Crippen molar-refractivity contribution >= 4 is 17.6 Å². The molecule has 2 heterocycles. The highest BCUT2D eigenvalue weighted by molar-refractivity contribution is 6.00. The van der Waals surface area contributed by atoms with Crippen LogP contribution in [0.25, 0.3) is 0 Å². The number of methoxy groups -OCH3 is 1. The molecule has 0 saturated heterocycles. The number of carbonyl (C=O) groups is 2. The van der Waals surface area contributed by atoms with E-state index in [0.29, 0.717) is 12.2 Å². The van der Waals surface area contributed by atoms with Crippen LogP contribution in [-0.4, -0.2) is 46.6 Å². The number of esters is 1. The highest BCUT2D eigenvalue weighted by Crippen LogP contribution is 2.21. The van der Waals surface area contributed by atoms with E-state index >= 15 is 0 Å². The molecule has 2 aromatic rings. The van der Waals surface area contributed by atoms with Crippen molar-refractivity contribution in [3.63, 3.8) is 0 Å². The van der Waals surface area contributed by atoms with E-state index in [-0.39, 0.29) is 23.3 Å². The summed E-state index contributed by atoms with van der Waals surface area (Å²) < 4.78 is 12.2. The molecule has 134 valence electrons. The fourth-order valence-electron chi connectivity index (χ4n) is 2.84. The lowest BCUT2D eigenvalue weighted by atomic mass is 10.1. The van der Waals surface area contributed by atoms with E-state index in [2.05, 4.69) is 9.97 Å². The number of Topliss-reactive ketones (excluding diaryl/α,β-unsaturated/α-hetero) is 1.